The zero-order valence-corrected chi connectivity index (χ0v) is 17.2. The van der Waals surface area contributed by atoms with E-state index < -0.39 is 11.7 Å². The molecule has 6 nitrogen and oxygen atoms in total. The van der Waals surface area contributed by atoms with Crippen LogP contribution in [0.25, 0.3) is 0 Å². The highest BCUT2D eigenvalue weighted by atomic mass is 19.1. The number of ether oxygens (including phenoxy) is 2. The monoisotopic (exact) mass is 400 g/mol. The molecule has 0 spiro atoms. The third-order valence-corrected chi connectivity index (χ3v) is 5.14. The number of methoxy groups -OCH3 is 1. The van der Waals surface area contributed by atoms with Crippen LogP contribution in [0.2, 0.25) is 0 Å². The van der Waals surface area contributed by atoms with Crippen LogP contribution in [0.5, 0.6) is 5.75 Å². The average molecular weight is 400 g/mol. The summed E-state index contributed by atoms with van der Waals surface area (Å²) in [5.41, 5.74) is 1.32. The van der Waals surface area contributed by atoms with E-state index in [1.807, 2.05) is 13.8 Å². The number of pyridine rings is 1. The van der Waals surface area contributed by atoms with Crippen LogP contribution in [-0.4, -0.2) is 35.5 Å². The summed E-state index contributed by atoms with van der Waals surface area (Å²) in [7, 11) is 1.49. The van der Waals surface area contributed by atoms with E-state index in [2.05, 4.69) is 10.3 Å². The molecule has 154 valence electrons. The number of benzene rings is 1. The van der Waals surface area contributed by atoms with E-state index in [-0.39, 0.29) is 29.1 Å². The summed E-state index contributed by atoms with van der Waals surface area (Å²) >= 11 is 0. The zero-order chi connectivity index (χ0) is 21.3. The topological polar surface area (TPSA) is 77.5 Å². The smallest absolute Gasteiger partial charge is 0.254 e. The lowest BCUT2D eigenvalue weighted by Crippen LogP contribution is -2.33. The third-order valence-electron chi connectivity index (χ3n) is 5.14. The van der Waals surface area contributed by atoms with E-state index in [1.54, 1.807) is 19.1 Å². The number of hydrogen-bond acceptors (Lipinski definition) is 5. The number of hydrogen-bond donors (Lipinski definition) is 1. The summed E-state index contributed by atoms with van der Waals surface area (Å²) in [6.45, 7) is 6.89. The van der Waals surface area contributed by atoms with Gasteiger partial charge in [0.25, 0.3) is 5.91 Å². The fourth-order valence-electron chi connectivity index (χ4n) is 3.79. The minimum Gasteiger partial charge on any atom is -0.496 e. The van der Waals surface area contributed by atoms with Crippen molar-refractivity contribution in [1.82, 2.24) is 4.98 Å². The maximum atomic E-state index is 14.0. The van der Waals surface area contributed by atoms with Gasteiger partial charge in [-0.05, 0) is 45.4 Å². The molecule has 0 saturated carbocycles. The molecule has 1 aromatic heterocycles. The summed E-state index contributed by atoms with van der Waals surface area (Å²) in [6.07, 6.45) is 1.25. The highest BCUT2D eigenvalue weighted by Gasteiger charge is 2.46. The predicted molar refractivity (Wildman–Crippen MR) is 107 cm³/mol. The number of rotatable bonds is 5. The van der Waals surface area contributed by atoms with Crippen LogP contribution < -0.4 is 10.1 Å². The maximum absolute atomic E-state index is 14.0. The Morgan fingerprint density at radius 2 is 2.03 bits per heavy atom. The molecular formula is C22H25FN2O4. The molecule has 2 heterocycles. The van der Waals surface area contributed by atoms with Crippen molar-refractivity contribution in [2.45, 2.75) is 51.7 Å². The Hall–Kier alpha value is -2.80. The lowest BCUT2D eigenvalue weighted by Gasteiger charge is -2.22. The molecule has 29 heavy (non-hydrogen) atoms. The fourth-order valence-corrected chi connectivity index (χ4v) is 3.79. The van der Waals surface area contributed by atoms with Gasteiger partial charge in [0.05, 0.1) is 12.7 Å². The molecule has 0 unspecified atom stereocenters. The van der Waals surface area contributed by atoms with Gasteiger partial charge in [-0.1, -0.05) is 6.07 Å². The van der Waals surface area contributed by atoms with Crippen molar-refractivity contribution >= 4 is 17.4 Å². The van der Waals surface area contributed by atoms with Crippen molar-refractivity contribution in [1.29, 1.82) is 0 Å². The molecule has 0 bridgehead atoms. The molecule has 1 saturated heterocycles. The highest BCUT2D eigenvalue weighted by molar-refractivity contribution is 5.97. The number of halogens is 1. The van der Waals surface area contributed by atoms with Gasteiger partial charge >= 0.3 is 0 Å². The minimum atomic E-state index is -0.794. The first-order valence-electron chi connectivity index (χ1n) is 9.41. The van der Waals surface area contributed by atoms with Crippen molar-refractivity contribution in [3.05, 3.63) is 53.1 Å². The molecule has 0 radical (unpaired) electrons. The van der Waals surface area contributed by atoms with Crippen LogP contribution in [-0.2, 0) is 9.53 Å². The van der Waals surface area contributed by atoms with Gasteiger partial charge < -0.3 is 14.8 Å². The Morgan fingerprint density at radius 3 is 2.69 bits per heavy atom. The summed E-state index contributed by atoms with van der Waals surface area (Å²) < 4.78 is 25.5. The Kier molecular flexibility index (Phi) is 5.71. The van der Waals surface area contributed by atoms with Gasteiger partial charge in [0.2, 0.25) is 0 Å². The van der Waals surface area contributed by atoms with Gasteiger partial charge in [-0.15, -0.1) is 0 Å². The van der Waals surface area contributed by atoms with Crippen LogP contribution in [0.1, 0.15) is 54.7 Å². The molecule has 1 amide bonds. The Balaban J connectivity index is 1.93. The lowest BCUT2D eigenvalue weighted by molar-refractivity contribution is -0.130. The molecule has 1 aromatic carbocycles. The van der Waals surface area contributed by atoms with Gasteiger partial charge in [0.1, 0.15) is 23.4 Å². The van der Waals surface area contributed by atoms with Gasteiger partial charge in [0, 0.05) is 35.9 Å². The minimum absolute atomic E-state index is 0.191. The van der Waals surface area contributed by atoms with Crippen LogP contribution in [0.3, 0.4) is 0 Å². The Bertz CT molecular complexity index is 958. The zero-order valence-electron chi connectivity index (χ0n) is 17.2. The number of nitrogens with one attached hydrogen (secondary N) is 1. The lowest BCUT2D eigenvalue weighted by atomic mass is 9.86. The number of amides is 1. The molecule has 0 aliphatic carbocycles. The molecule has 1 fully saturated rings. The first kappa shape index (κ1) is 20.9. The van der Waals surface area contributed by atoms with E-state index in [1.165, 1.54) is 32.4 Å². The van der Waals surface area contributed by atoms with Crippen molar-refractivity contribution in [2.75, 3.05) is 12.4 Å². The van der Waals surface area contributed by atoms with Gasteiger partial charge in [-0.3, -0.25) is 14.6 Å². The number of aromatic nitrogens is 1. The highest BCUT2D eigenvalue weighted by Crippen LogP contribution is 2.45. The van der Waals surface area contributed by atoms with Crippen molar-refractivity contribution in [2.24, 2.45) is 0 Å². The van der Waals surface area contributed by atoms with Crippen LogP contribution in [0.15, 0.2) is 30.5 Å². The molecule has 1 N–H and O–H groups in total. The Morgan fingerprint density at radius 1 is 1.31 bits per heavy atom. The molecule has 1 aliphatic rings. The number of Topliss-reactive ketones (excluding diaryl/α,β-unsaturated/α-hetero) is 1. The SMILES string of the molecule is COc1c([C@@H]2CC(C)(C)O[C@H]2C(=O)Nc2ccnc(C(C)=O)c2)ccc(F)c1C. The van der Waals surface area contributed by atoms with E-state index in [0.29, 0.717) is 23.4 Å². The second-order valence-corrected chi connectivity index (χ2v) is 7.88. The van der Waals surface area contributed by atoms with Gasteiger partial charge in [0.15, 0.2) is 5.78 Å². The standard InChI is InChI=1S/C22H25FN2O4/c1-12-17(23)7-6-15(19(12)28-5)16-11-22(3,4)29-20(16)21(27)25-14-8-9-24-18(10-14)13(2)26/h6-10,16,20H,11H2,1-5H3,(H,24,25,27)/t16-,20+/m0/s1. The number of anilines is 1. The molecule has 2 atom stereocenters. The van der Waals surface area contributed by atoms with E-state index in [9.17, 15) is 14.0 Å². The summed E-state index contributed by atoms with van der Waals surface area (Å²) in [6, 6.07) is 6.17. The van der Waals surface area contributed by atoms with Gasteiger partial charge in [-0.25, -0.2) is 4.39 Å². The van der Waals surface area contributed by atoms with E-state index in [4.69, 9.17) is 9.47 Å². The third kappa shape index (κ3) is 4.29. The second kappa shape index (κ2) is 7.91. The number of carbonyl (C=O) groups excluding carboxylic acids is 2. The molecule has 2 aromatic rings. The van der Waals surface area contributed by atoms with Gasteiger partial charge in [-0.2, -0.15) is 0 Å². The number of carbonyl (C=O) groups is 2. The normalized spacial score (nSPS) is 20.3. The molecule has 7 heteroatoms. The maximum Gasteiger partial charge on any atom is 0.254 e. The van der Waals surface area contributed by atoms with E-state index in [0.717, 1.165) is 5.56 Å². The van der Waals surface area contributed by atoms with Crippen LogP contribution >= 0.6 is 0 Å². The van der Waals surface area contributed by atoms with Crippen molar-refractivity contribution in [3.8, 4) is 5.75 Å². The molecule has 1 aliphatic heterocycles. The largest absolute Gasteiger partial charge is 0.496 e. The summed E-state index contributed by atoms with van der Waals surface area (Å²) in [5, 5.41) is 2.81. The summed E-state index contributed by atoms with van der Waals surface area (Å²) in [5.74, 6) is -0.780. The Labute approximate surface area is 169 Å². The number of ketones is 1. The first-order chi connectivity index (χ1) is 13.6. The van der Waals surface area contributed by atoms with Crippen LogP contribution in [0, 0.1) is 12.7 Å². The first-order valence-corrected chi connectivity index (χ1v) is 9.41. The molecular weight excluding hydrogens is 375 g/mol. The van der Waals surface area contributed by atoms with Crippen molar-refractivity contribution < 1.29 is 23.5 Å². The van der Waals surface area contributed by atoms with E-state index >= 15 is 0 Å². The summed E-state index contributed by atoms with van der Waals surface area (Å²) in [4.78, 5) is 28.6. The second-order valence-electron chi connectivity index (χ2n) is 7.88. The van der Waals surface area contributed by atoms with Crippen LogP contribution in [0.4, 0.5) is 10.1 Å². The predicted octanol–water partition coefficient (Wildman–Crippen LogP) is 4.03. The van der Waals surface area contributed by atoms with Crippen molar-refractivity contribution in [3.63, 3.8) is 0 Å². The quantitative estimate of drug-likeness (QED) is 0.767. The average Bonchev–Trinajstić information content (AvgIpc) is 2.99. The number of nitrogens with zero attached hydrogens (tertiary/aromatic N) is 1. The molecule has 3 rings (SSSR count). The fraction of sp³-hybridized carbons (Fsp3) is 0.409.